The highest BCUT2D eigenvalue weighted by Crippen LogP contribution is 2.25. The maximum absolute atomic E-state index is 11.5. The van der Waals surface area contributed by atoms with Crippen LogP contribution < -0.4 is 5.32 Å². The predicted octanol–water partition coefficient (Wildman–Crippen LogP) is 3.09. The first-order valence-corrected chi connectivity index (χ1v) is 8.64. The van der Waals surface area contributed by atoms with Crippen LogP contribution in [-0.2, 0) is 16.0 Å². The molecule has 130 valence electrons. The van der Waals surface area contributed by atoms with Crippen molar-refractivity contribution in [3.05, 3.63) is 34.7 Å². The van der Waals surface area contributed by atoms with Crippen LogP contribution in [-0.4, -0.2) is 34.2 Å². The van der Waals surface area contributed by atoms with Crippen molar-refractivity contribution in [1.82, 2.24) is 5.32 Å². The van der Waals surface area contributed by atoms with Crippen LogP contribution in [0.5, 0.6) is 0 Å². The summed E-state index contributed by atoms with van der Waals surface area (Å²) in [6, 6.07) is 3.51. The molecule has 0 aliphatic carbocycles. The SMILES string of the molecule is CC(C)CC(N[C@@H](Cc1ccc(-c2ccsc2)o1)C(=O)O)C(=O)O. The third-order valence-corrected chi connectivity index (χ3v) is 4.26. The first kappa shape index (κ1) is 18.2. The molecule has 6 nitrogen and oxygen atoms in total. The number of thiophene rings is 1. The van der Waals surface area contributed by atoms with Gasteiger partial charge in [0.05, 0.1) is 0 Å². The van der Waals surface area contributed by atoms with Gasteiger partial charge in [-0.05, 0) is 35.9 Å². The Morgan fingerprint density at radius 2 is 1.88 bits per heavy atom. The highest BCUT2D eigenvalue weighted by atomic mass is 32.1. The highest BCUT2D eigenvalue weighted by Gasteiger charge is 2.27. The molecule has 2 aromatic rings. The van der Waals surface area contributed by atoms with Gasteiger partial charge in [-0.2, -0.15) is 11.3 Å². The Kier molecular flexibility index (Phi) is 6.16. The average molecular weight is 351 g/mol. The van der Waals surface area contributed by atoms with Gasteiger partial charge in [-0.15, -0.1) is 0 Å². The molecule has 0 saturated carbocycles. The molecule has 0 aromatic carbocycles. The van der Waals surface area contributed by atoms with Crippen molar-refractivity contribution in [2.45, 2.75) is 38.8 Å². The second-order valence-electron chi connectivity index (χ2n) is 6.06. The molecule has 1 unspecified atom stereocenters. The minimum absolute atomic E-state index is 0.0847. The summed E-state index contributed by atoms with van der Waals surface area (Å²) in [5, 5.41) is 25.3. The number of rotatable bonds is 9. The van der Waals surface area contributed by atoms with E-state index in [1.54, 1.807) is 23.5 Å². The first-order valence-electron chi connectivity index (χ1n) is 7.69. The van der Waals surface area contributed by atoms with E-state index in [1.165, 1.54) is 0 Å². The van der Waals surface area contributed by atoms with Crippen LogP contribution in [0.25, 0.3) is 11.3 Å². The lowest BCUT2D eigenvalue weighted by Crippen LogP contribution is -2.48. The summed E-state index contributed by atoms with van der Waals surface area (Å²) < 4.78 is 5.69. The van der Waals surface area contributed by atoms with Gasteiger partial charge in [-0.1, -0.05) is 13.8 Å². The highest BCUT2D eigenvalue weighted by molar-refractivity contribution is 7.08. The van der Waals surface area contributed by atoms with Crippen LogP contribution in [0.15, 0.2) is 33.4 Å². The third kappa shape index (κ3) is 4.94. The second kappa shape index (κ2) is 8.12. The fourth-order valence-corrected chi connectivity index (χ4v) is 3.07. The summed E-state index contributed by atoms with van der Waals surface area (Å²) in [7, 11) is 0. The number of carbonyl (C=O) groups is 2. The molecule has 2 heterocycles. The van der Waals surface area contributed by atoms with Crippen molar-refractivity contribution in [2.24, 2.45) is 5.92 Å². The summed E-state index contributed by atoms with van der Waals surface area (Å²) in [5.74, 6) is -0.828. The van der Waals surface area contributed by atoms with E-state index in [0.29, 0.717) is 17.9 Å². The van der Waals surface area contributed by atoms with E-state index < -0.39 is 24.0 Å². The summed E-state index contributed by atoms with van der Waals surface area (Å²) in [6.45, 7) is 3.79. The van der Waals surface area contributed by atoms with Crippen LogP contribution in [0, 0.1) is 5.92 Å². The molecule has 0 amide bonds. The van der Waals surface area contributed by atoms with Gasteiger partial charge < -0.3 is 14.6 Å². The Labute approximate surface area is 144 Å². The molecule has 0 aliphatic rings. The van der Waals surface area contributed by atoms with Crippen molar-refractivity contribution >= 4 is 23.3 Å². The summed E-state index contributed by atoms with van der Waals surface area (Å²) in [5.41, 5.74) is 0.939. The minimum Gasteiger partial charge on any atom is -0.480 e. The Morgan fingerprint density at radius 3 is 2.42 bits per heavy atom. The van der Waals surface area contributed by atoms with E-state index >= 15 is 0 Å². The van der Waals surface area contributed by atoms with Gasteiger partial charge in [0.25, 0.3) is 0 Å². The number of nitrogens with one attached hydrogen (secondary N) is 1. The molecule has 0 aliphatic heterocycles. The monoisotopic (exact) mass is 351 g/mol. The molecule has 2 rings (SSSR count). The largest absolute Gasteiger partial charge is 0.480 e. The van der Waals surface area contributed by atoms with E-state index in [1.807, 2.05) is 30.7 Å². The quantitative estimate of drug-likeness (QED) is 0.642. The molecular formula is C17H21NO5S. The van der Waals surface area contributed by atoms with Gasteiger partial charge in [0.2, 0.25) is 0 Å². The zero-order valence-electron chi connectivity index (χ0n) is 13.6. The Hall–Kier alpha value is -2.12. The molecular weight excluding hydrogens is 330 g/mol. The fourth-order valence-electron chi connectivity index (χ4n) is 2.42. The smallest absolute Gasteiger partial charge is 0.321 e. The summed E-state index contributed by atoms with van der Waals surface area (Å²) in [6.07, 6.45) is 0.443. The molecule has 3 N–H and O–H groups in total. The van der Waals surface area contributed by atoms with Crippen molar-refractivity contribution < 1.29 is 24.2 Å². The van der Waals surface area contributed by atoms with Gasteiger partial charge in [-0.3, -0.25) is 14.9 Å². The lowest BCUT2D eigenvalue weighted by atomic mass is 10.0. The number of carboxylic acids is 2. The van der Waals surface area contributed by atoms with Crippen molar-refractivity contribution in [3.63, 3.8) is 0 Å². The second-order valence-corrected chi connectivity index (χ2v) is 6.84. The number of aliphatic carboxylic acids is 2. The maximum atomic E-state index is 11.5. The standard InChI is InChI=1S/C17H21NO5S/c1-10(2)7-13(16(19)20)18-14(17(21)22)8-12-3-4-15(23-12)11-5-6-24-9-11/h3-6,9-10,13-14,18H,7-8H2,1-2H3,(H,19,20)(H,21,22)/t13?,14-/m0/s1. The zero-order chi connectivity index (χ0) is 17.7. The molecule has 0 radical (unpaired) electrons. The van der Waals surface area contributed by atoms with Crippen LogP contribution in [0.2, 0.25) is 0 Å². The van der Waals surface area contributed by atoms with E-state index in [2.05, 4.69) is 5.32 Å². The van der Waals surface area contributed by atoms with E-state index in [4.69, 9.17) is 4.42 Å². The Balaban J connectivity index is 2.08. The van der Waals surface area contributed by atoms with Crippen molar-refractivity contribution in [2.75, 3.05) is 0 Å². The van der Waals surface area contributed by atoms with Gasteiger partial charge in [0, 0.05) is 17.4 Å². The van der Waals surface area contributed by atoms with Gasteiger partial charge in [0.1, 0.15) is 23.6 Å². The first-order chi connectivity index (χ1) is 11.4. The predicted molar refractivity (Wildman–Crippen MR) is 91.2 cm³/mol. The van der Waals surface area contributed by atoms with E-state index in [-0.39, 0.29) is 12.3 Å². The van der Waals surface area contributed by atoms with Gasteiger partial charge in [0.15, 0.2) is 0 Å². The molecule has 0 saturated heterocycles. The maximum Gasteiger partial charge on any atom is 0.321 e. The van der Waals surface area contributed by atoms with Crippen molar-refractivity contribution in [1.29, 1.82) is 0 Å². The summed E-state index contributed by atoms with van der Waals surface area (Å²) >= 11 is 1.55. The number of hydrogen-bond donors (Lipinski definition) is 3. The lowest BCUT2D eigenvalue weighted by Gasteiger charge is -2.21. The molecule has 0 fully saturated rings. The normalized spacial score (nSPS) is 13.8. The summed E-state index contributed by atoms with van der Waals surface area (Å²) in [4.78, 5) is 22.8. The average Bonchev–Trinajstić information content (AvgIpc) is 3.15. The third-order valence-electron chi connectivity index (χ3n) is 3.58. The van der Waals surface area contributed by atoms with E-state index in [0.717, 1.165) is 5.56 Å². The van der Waals surface area contributed by atoms with Gasteiger partial charge >= 0.3 is 11.9 Å². The van der Waals surface area contributed by atoms with E-state index in [9.17, 15) is 19.8 Å². The topological polar surface area (TPSA) is 99.8 Å². The van der Waals surface area contributed by atoms with Gasteiger partial charge in [-0.25, -0.2) is 0 Å². The Bertz CT molecular complexity index is 677. The number of carboxylic acid groups (broad SMARTS) is 2. The fraction of sp³-hybridized carbons (Fsp3) is 0.412. The Morgan fingerprint density at radius 1 is 1.17 bits per heavy atom. The van der Waals surface area contributed by atoms with Crippen LogP contribution in [0.1, 0.15) is 26.0 Å². The molecule has 7 heteroatoms. The minimum atomic E-state index is -1.10. The lowest BCUT2D eigenvalue weighted by molar-refractivity contribution is -0.143. The zero-order valence-corrected chi connectivity index (χ0v) is 14.4. The number of furan rings is 1. The molecule has 2 aromatic heterocycles. The van der Waals surface area contributed by atoms with Crippen LogP contribution >= 0.6 is 11.3 Å². The molecule has 2 atom stereocenters. The molecule has 0 bridgehead atoms. The molecule has 24 heavy (non-hydrogen) atoms. The van der Waals surface area contributed by atoms with Crippen molar-refractivity contribution in [3.8, 4) is 11.3 Å². The van der Waals surface area contributed by atoms with Crippen LogP contribution in [0.4, 0.5) is 0 Å². The number of hydrogen-bond acceptors (Lipinski definition) is 5. The van der Waals surface area contributed by atoms with Crippen LogP contribution in [0.3, 0.4) is 0 Å². The molecule has 0 spiro atoms.